The number of allylic oxidation sites excluding steroid dienone is 1. The Morgan fingerprint density at radius 1 is 0.821 bits per heavy atom. The van der Waals surface area contributed by atoms with Crippen molar-refractivity contribution >= 4 is 31.0 Å². The molecule has 0 radical (unpaired) electrons. The molecule has 3 rings (SSSR count). The van der Waals surface area contributed by atoms with Crippen LogP contribution in [-0.4, -0.2) is 21.2 Å². The molecule has 0 aliphatic rings. The number of hydrogen-bond donors (Lipinski definition) is 0. The first-order valence-electron chi connectivity index (χ1n) is 8.21. The molecule has 0 aliphatic heterocycles. The van der Waals surface area contributed by atoms with Crippen molar-refractivity contribution in [2.75, 3.05) is 0 Å². The summed E-state index contributed by atoms with van der Waals surface area (Å²) in [5, 5.41) is 1.62. The van der Waals surface area contributed by atoms with E-state index in [9.17, 15) is 16.8 Å². The molecular weight excluding hydrogens is 419 g/mol. The highest BCUT2D eigenvalue weighted by molar-refractivity contribution is 8.10. The summed E-state index contributed by atoms with van der Waals surface area (Å²) >= 11 is 1.06. The fourth-order valence-electron chi connectivity index (χ4n) is 2.89. The second kappa shape index (κ2) is 7.62. The third-order valence-corrected chi connectivity index (χ3v) is 10.3. The predicted molar refractivity (Wildman–Crippen MR) is 108 cm³/mol. The zero-order valence-corrected chi connectivity index (χ0v) is 17.1. The normalized spacial score (nSPS) is 13.8. The van der Waals surface area contributed by atoms with Gasteiger partial charge in [0.05, 0.1) is 15.7 Å². The molecule has 0 spiro atoms. The zero-order valence-electron chi connectivity index (χ0n) is 14.6. The van der Waals surface area contributed by atoms with Crippen molar-refractivity contribution in [1.29, 1.82) is 0 Å². The molecule has 3 aromatic rings. The Balaban J connectivity index is 2.37. The van der Waals surface area contributed by atoms with E-state index in [1.807, 2.05) is 0 Å². The van der Waals surface area contributed by atoms with E-state index in [-0.39, 0.29) is 4.88 Å². The number of benzene rings is 2. The van der Waals surface area contributed by atoms with Crippen LogP contribution in [0.2, 0.25) is 0 Å². The number of thiophene rings is 1. The van der Waals surface area contributed by atoms with E-state index in [0.29, 0.717) is 0 Å². The molecule has 28 heavy (non-hydrogen) atoms. The van der Waals surface area contributed by atoms with Gasteiger partial charge in [-0.1, -0.05) is 48.5 Å². The van der Waals surface area contributed by atoms with E-state index >= 15 is 4.39 Å². The monoisotopic (exact) mass is 436 g/mol. The van der Waals surface area contributed by atoms with Crippen LogP contribution in [0.5, 0.6) is 0 Å². The average molecular weight is 437 g/mol. The second-order valence-corrected chi connectivity index (χ2v) is 11.3. The Bertz CT molecular complexity index is 1090. The molecule has 1 heterocycles. The molecule has 1 aromatic heterocycles. The highest BCUT2D eigenvalue weighted by Gasteiger charge is 2.62. The number of rotatable bonds is 7. The topological polar surface area (TPSA) is 68.3 Å². The Kier molecular flexibility index (Phi) is 5.56. The van der Waals surface area contributed by atoms with Crippen LogP contribution in [0.3, 0.4) is 0 Å². The van der Waals surface area contributed by atoms with Crippen LogP contribution in [0.25, 0.3) is 0 Å². The van der Waals surface area contributed by atoms with E-state index in [2.05, 4.69) is 6.58 Å². The fourth-order valence-corrected chi connectivity index (χ4v) is 8.44. The summed E-state index contributed by atoms with van der Waals surface area (Å²) in [6.07, 6.45) is 1.03. The molecule has 0 N–H and O–H groups in total. The Morgan fingerprint density at radius 2 is 1.29 bits per heavy atom. The van der Waals surface area contributed by atoms with Crippen LogP contribution >= 0.6 is 11.3 Å². The van der Waals surface area contributed by atoms with Crippen molar-refractivity contribution in [3.8, 4) is 0 Å². The van der Waals surface area contributed by atoms with Crippen LogP contribution in [0.4, 0.5) is 4.39 Å². The van der Waals surface area contributed by atoms with Gasteiger partial charge in [-0.15, -0.1) is 17.9 Å². The lowest BCUT2D eigenvalue weighted by atomic mass is 10.1. The molecule has 0 aliphatic carbocycles. The first-order valence-corrected chi connectivity index (χ1v) is 12.1. The Labute approximate surface area is 167 Å². The Morgan fingerprint density at radius 3 is 1.64 bits per heavy atom. The van der Waals surface area contributed by atoms with Gasteiger partial charge in [0.2, 0.25) is 19.7 Å². The van der Waals surface area contributed by atoms with Crippen molar-refractivity contribution in [3.63, 3.8) is 0 Å². The summed E-state index contributed by atoms with van der Waals surface area (Å²) in [5.41, 5.74) is 0. The molecule has 0 bridgehead atoms. The highest BCUT2D eigenvalue weighted by Crippen LogP contribution is 2.48. The molecule has 0 saturated heterocycles. The van der Waals surface area contributed by atoms with E-state index in [0.717, 1.165) is 17.4 Å². The summed E-state index contributed by atoms with van der Waals surface area (Å²) in [6.45, 7) is 3.54. The van der Waals surface area contributed by atoms with Crippen LogP contribution in [0.1, 0.15) is 10.8 Å². The maximum absolute atomic E-state index is 16.7. The molecule has 1 atom stereocenters. The lowest BCUT2D eigenvalue weighted by Gasteiger charge is -2.30. The van der Waals surface area contributed by atoms with Gasteiger partial charge < -0.3 is 0 Å². The van der Waals surface area contributed by atoms with E-state index in [1.54, 1.807) is 23.6 Å². The molecule has 0 unspecified atom stereocenters. The molecule has 0 amide bonds. The first-order chi connectivity index (χ1) is 13.3. The van der Waals surface area contributed by atoms with Gasteiger partial charge >= 0.3 is 4.33 Å². The van der Waals surface area contributed by atoms with Crippen molar-refractivity contribution in [2.45, 2.75) is 20.0 Å². The predicted octanol–water partition coefficient (Wildman–Crippen LogP) is 4.59. The maximum Gasteiger partial charge on any atom is 0.328 e. The van der Waals surface area contributed by atoms with Gasteiger partial charge in [0, 0.05) is 4.88 Å². The number of alkyl halides is 1. The number of sulfone groups is 2. The Hall–Kier alpha value is -2.29. The standard InChI is InChI=1S/C20H17FO4S3/c1-2-18(19-14-9-15-26-19)20(21,27(22,23)16-10-5-3-6-11-16)28(24,25)17-12-7-4-8-13-17/h2-15,18H,1H2/t18-/m0/s1. The van der Waals surface area contributed by atoms with Gasteiger partial charge in [-0.2, -0.15) is 0 Å². The highest BCUT2D eigenvalue weighted by atomic mass is 32.3. The van der Waals surface area contributed by atoms with Gasteiger partial charge in [0.1, 0.15) is 0 Å². The minimum atomic E-state index is -4.96. The summed E-state index contributed by atoms with van der Waals surface area (Å²) < 4.78 is 66.5. The van der Waals surface area contributed by atoms with Crippen LogP contribution in [0.15, 0.2) is 101 Å². The van der Waals surface area contributed by atoms with Crippen molar-refractivity contribution in [3.05, 3.63) is 95.7 Å². The quantitative estimate of drug-likeness (QED) is 0.508. The third-order valence-electron chi connectivity index (χ3n) is 4.30. The van der Waals surface area contributed by atoms with Gasteiger partial charge in [0.25, 0.3) is 0 Å². The second-order valence-electron chi connectivity index (χ2n) is 5.94. The van der Waals surface area contributed by atoms with Crippen LogP contribution in [-0.2, 0) is 19.7 Å². The SMILES string of the molecule is C=C[C@@H](c1cccs1)C(F)(S(=O)(=O)c1ccccc1)S(=O)(=O)c1ccccc1. The minimum Gasteiger partial charge on any atom is -0.219 e. The number of halogens is 1. The third kappa shape index (κ3) is 3.11. The molecule has 8 heteroatoms. The zero-order chi connectivity index (χ0) is 20.4. The molecule has 2 aromatic carbocycles. The van der Waals surface area contributed by atoms with Crippen molar-refractivity contribution in [2.24, 2.45) is 0 Å². The first kappa shape index (κ1) is 20.4. The summed E-state index contributed by atoms with van der Waals surface area (Å²) in [5.74, 6) is -1.61. The van der Waals surface area contributed by atoms with Gasteiger partial charge in [-0.3, -0.25) is 0 Å². The van der Waals surface area contributed by atoms with Crippen molar-refractivity contribution in [1.82, 2.24) is 0 Å². The smallest absolute Gasteiger partial charge is 0.219 e. The van der Waals surface area contributed by atoms with Crippen molar-refractivity contribution < 1.29 is 21.2 Å². The van der Waals surface area contributed by atoms with E-state index in [4.69, 9.17) is 0 Å². The van der Waals surface area contributed by atoms with Crippen LogP contribution in [0, 0.1) is 0 Å². The fraction of sp³-hybridized carbons (Fsp3) is 0.100. The summed E-state index contributed by atoms with van der Waals surface area (Å²) in [6, 6.07) is 16.6. The average Bonchev–Trinajstić information content (AvgIpc) is 3.24. The van der Waals surface area contributed by atoms with Gasteiger partial charge in [-0.05, 0) is 35.7 Å². The maximum atomic E-state index is 16.7. The largest absolute Gasteiger partial charge is 0.328 e. The minimum absolute atomic E-state index is 0.247. The lowest BCUT2D eigenvalue weighted by Crippen LogP contribution is -2.46. The lowest BCUT2D eigenvalue weighted by molar-refractivity contribution is 0.333. The number of hydrogen-bond acceptors (Lipinski definition) is 5. The summed E-state index contributed by atoms with van der Waals surface area (Å²) in [4.78, 5) is -0.586. The summed E-state index contributed by atoms with van der Waals surface area (Å²) in [7, 11) is -9.93. The van der Waals surface area contributed by atoms with E-state index in [1.165, 1.54) is 54.6 Å². The molecule has 0 saturated carbocycles. The molecular formula is C20H17FO4S3. The van der Waals surface area contributed by atoms with Gasteiger partial charge in [0.15, 0.2) is 0 Å². The van der Waals surface area contributed by atoms with Gasteiger partial charge in [-0.25, -0.2) is 21.2 Å². The molecule has 0 fully saturated rings. The van der Waals surface area contributed by atoms with E-state index < -0.39 is 39.7 Å². The molecule has 146 valence electrons. The van der Waals surface area contributed by atoms with Crippen LogP contribution < -0.4 is 0 Å². The molecule has 4 nitrogen and oxygen atoms in total.